The van der Waals surface area contributed by atoms with E-state index in [1.165, 1.54) is 0 Å². The van der Waals surface area contributed by atoms with Crippen LogP contribution >= 0.6 is 0 Å². The van der Waals surface area contributed by atoms with E-state index in [1.807, 2.05) is 72.8 Å². The van der Waals surface area contributed by atoms with Crippen LogP contribution in [0, 0.1) is 11.3 Å². The molecule has 0 spiro atoms. The summed E-state index contributed by atoms with van der Waals surface area (Å²) in [5.41, 5.74) is 5.54. The first kappa shape index (κ1) is 16.2. The molecule has 3 nitrogen and oxygen atoms in total. The summed E-state index contributed by atoms with van der Waals surface area (Å²) in [5, 5.41) is 9.61. The quantitative estimate of drug-likeness (QED) is 0.347. The van der Waals surface area contributed by atoms with E-state index in [0.717, 1.165) is 39.7 Å². The molecule has 0 aromatic heterocycles. The molecule has 4 aromatic carbocycles. The van der Waals surface area contributed by atoms with Crippen molar-refractivity contribution < 1.29 is 4.74 Å². The van der Waals surface area contributed by atoms with Crippen molar-refractivity contribution in [2.75, 3.05) is 4.90 Å². The summed E-state index contributed by atoms with van der Waals surface area (Å²) in [5.74, 6) is 1.62. The zero-order valence-electron chi connectivity index (χ0n) is 15.0. The molecule has 0 atom stereocenters. The highest BCUT2D eigenvalue weighted by atomic mass is 16.5. The third kappa shape index (κ3) is 2.52. The molecule has 0 aliphatic carbocycles. The molecule has 28 heavy (non-hydrogen) atoms. The van der Waals surface area contributed by atoms with Crippen molar-refractivity contribution in [2.45, 2.75) is 0 Å². The Hall–Kier alpha value is -4.03. The number of hydrogen-bond acceptors (Lipinski definition) is 3. The number of nitrogens with zero attached hydrogens (tertiary/aromatic N) is 2. The van der Waals surface area contributed by atoms with E-state index < -0.39 is 0 Å². The summed E-state index contributed by atoms with van der Waals surface area (Å²) in [6, 6.07) is 34.2. The minimum atomic E-state index is 0.657. The molecule has 1 aliphatic heterocycles. The standard InChI is InChI=1S/C25H16N2O/c26-17-18-9-1-2-10-19(18)20-11-3-4-12-21(20)27-22-13-5-7-15-24(22)28-25-16-8-6-14-23(25)27/h1-16H. The number of fused-ring (bicyclic) bond motifs is 2. The van der Waals surface area contributed by atoms with Gasteiger partial charge in [0.05, 0.1) is 28.7 Å². The average Bonchev–Trinajstić information content (AvgIpc) is 2.77. The molecule has 3 heteroatoms. The Morgan fingerprint density at radius 2 is 1.07 bits per heavy atom. The van der Waals surface area contributed by atoms with Crippen LogP contribution in [0.4, 0.5) is 17.1 Å². The highest BCUT2D eigenvalue weighted by Crippen LogP contribution is 2.52. The smallest absolute Gasteiger partial charge is 0.151 e. The number of benzene rings is 4. The second kappa shape index (κ2) is 6.61. The molecule has 0 fully saturated rings. The molecular formula is C25H16N2O. The van der Waals surface area contributed by atoms with Gasteiger partial charge < -0.3 is 9.64 Å². The van der Waals surface area contributed by atoms with Crippen LogP contribution in [0.2, 0.25) is 0 Å². The number of rotatable bonds is 2. The van der Waals surface area contributed by atoms with Crippen LogP contribution in [0.3, 0.4) is 0 Å². The first-order chi connectivity index (χ1) is 13.9. The fourth-order valence-electron chi connectivity index (χ4n) is 3.68. The molecule has 0 N–H and O–H groups in total. The zero-order chi connectivity index (χ0) is 18.9. The van der Waals surface area contributed by atoms with Crippen molar-refractivity contribution in [2.24, 2.45) is 0 Å². The first-order valence-electron chi connectivity index (χ1n) is 9.11. The molecule has 0 saturated carbocycles. The summed E-state index contributed by atoms with van der Waals surface area (Å²) >= 11 is 0. The number of anilines is 3. The summed E-state index contributed by atoms with van der Waals surface area (Å²) in [4.78, 5) is 2.21. The van der Waals surface area contributed by atoms with E-state index in [0.29, 0.717) is 5.56 Å². The van der Waals surface area contributed by atoms with Crippen LogP contribution in [0.25, 0.3) is 11.1 Å². The Bertz CT molecular complexity index is 1180. The van der Waals surface area contributed by atoms with Gasteiger partial charge in [0.25, 0.3) is 0 Å². The molecule has 1 heterocycles. The normalized spacial score (nSPS) is 11.8. The molecule has 0 unspecified atom stereocenters. The number of nitriles is 1. The Labute approximate surface area is 163 Å². The van der Waals surface area contributed by atoms with E-state index in [9.17, 15) is 5.26 Å². The Kier molecular flexibility index (Phi) is 3.81. The topological polar surface area (TPSA) is 36.3 Å². The van der Waals surface area contributed by atoms with Gasteiger partial charge in [-0.05, 0) is 36.4 Å². The van der Waals surface area contributed by atoms with Gasteiger partial charge in [0, 0.05) is 11.1 Å². The van der Waals surface area contributed by atoms with Gasteiger partial charge in [0.1, 0.15) is 0 Å². The fraction of sp³-hybridized carbons (Fsp3) is 0. The minimum absolute atomic E-state index is 0.657. The van der Waals surface area contributed by atoms with E-state index in [1.54, 1.807) is 0 Å². The number of ether oxygens (including phenoxy) is 1. The molecule has 4 aromatic rings. The first-order valence-corrected chi connectivity index (χ1v) is 9.11. The second-order valence-corrected chi connectivity index (χ2v) is 6.55. The Balaban J connectivity index is 1.79. The monoisotopic (exact) mass is 360 g/mol. The third-order valence-corrected chi connectivity index (χ3v) is 4.91. The maximum Gasteiger partial charge on any atom is 0.151 e. The summed E-state index contributed by atoms with van der Waals surface area (Å²) in [6.45, 7) is 0. The van der Waals surface area contributed by atoms with Crippen molar-refractivity contribution in [3.63, 3.8) is 0 Å². The van der Waals surface area contributed by atoms with Crippen molar-refractivity contribution in [1.29, 1.82) is 5.26 Å². The van der Waals surface area contributed by atoms with E-state index in [2.05, 4.69) is 35.2 Å². The largest absolute Gasteiger partial charge is 0.453 e. The second-order valence-electron chi connectivity index (χ2n) is 6.55. The predicted molar refractivity (Wildman–Crippen MR) is 111 cm³/mol. The van der Waals surface area contributed by atoms with Crippen molar-refractivity contribution in [3.05, 3.63) is 103 Å². The number of para-hydroxylation sites is 5. The lowest BCUT2D eigenvalue weighted by atomic mass is 9.97. The zero-order valence-corrected chi connectivity index (χ0v) is 15.0. The molecule has 0 amide bonds. The van der Waals surface area contributed by atoms with Gasteiger partial charge >= 0.3 is 0 Å². The lowest BCUT2D eigenvalue weighted by Crippen LogP contribution is -2.16. The minimum Gasteiger partial charge on any atom is -0.453 e. The van der Waals surface area contributed by atoms with Gasteiger partial charge in [-0.2, -0.15) is 5.26 Å². The van der Waals surface area contributed by atoms with Crippen molar-refractivity contribution in [1.82, 2.24) is 0 Å². The highest BCUT2D eigenvalue weighted by Gasteiger charge is 2.27. The van der Waals surface area contributed by atoms with E-state index >= 15 is 0 Å². The molecular weight excluding hydrogens is 344 g/mol. The van der Waals surface area contributed by atoms with E-state index in [4.69, 9.17) is 4.74 Å². The molecule has 132 valence electrons. The fourth-order valence-corrected chi connectivity index (χ4v) is 3.68. The molecule has 0 saturated heterocycles. The van der Waals surface area contributed by atoms with Crippen LogP contribution in [0.1, 0.15) is 5.56 Å². The van der Waals surface area contributed by atoms with Crippen LogP contribution < -0.4 is 9.64 Å². The van der Waals surface area contributed by atoms with Crippen molar-refractivity contribution >= 4 is 17.1 Å². The lowest BCUT2D eigenvalue weighted by molar-refractivity contribution is 0.477. The van der Waals surface area contributed by atoms with Gasteiger partial charge in [-0.3, -0.25) is 0 Å². The van der Waals surface area contributed by atoms with Crippen LogP contribution in [-0.2, 0) is 0 Å². The maximum absolute atomic E-state index is 9.61. The summed E-state index contributed by atoms with van der Waals surface area (Å²) in [6.07, 6.45) is 0. The predicted octanol–water partition coefficient (Wildman–Crippen LogP) is 6.80. The van der Waals surface area contributed by atoms with Crippen LogP contribution in [0.5, 0.6) is 11.5 Å². The van der Waals surface area contributed by atoms with Gasteiger partial charge in [0.15, 0.2) is 11.5 Å². The van der Waals surface area contributed by atoms with E-state index in [-0.39, 0.29) is 0 Å². The Morgan fingerprint density at radius 1 is 0.571 bits per heavy atom. The highest BCUT2D eigenvalue weighted by molar-refractivity contribution is 5.93. The molecule has 0 radical (unpaired) electrons. The van der Waals surface area contributed by atoms with Gasteiger partial charge in [-0.1, -0.05) is 60.7 Å². The van der Waals surface area contributed by atoms with Gasteiger partial charge in [-0.25, -0.2) is 0 Å². The van der Waals surface area contributed by atoms with Crippen LogP contribution in [0.15, 0.2) is 97.1 Å². The average molecular weight is 360 g/mol. The summed E-state index contributed by atoms with van der Waals surface area (Å²) in [7, 11) is 0. The van der Waals surface area contributed by atoms with Gasteiger partial charge in [0.2, 0.25) is 0 Å². The van der Waals surface area contributed by atoms with Crippen LogP contribution in [-0.4, -0.2) is 0 Å². The molecule has 1 aliphatic rings. The summed E-state index contributed by atoms with van der Waals surface area (Å²) < 4.78 is 6.13. The lowest BCUT2D eigenvalue weighted by Gasteiger charge is -2.34. The maximum atomic E-state index is 9.61. The molecule has 0 bridgehead atoms. The SMILES string of the molecule is N#Cc1ccccc1-c1ccccc1N1c2ccccc2Oc2ccccc21. The van der Waals surface area contributed by atoms with Crippen molar-refractivity contribution in [3.8, 4) is 28.7 Å². The van der Waals surface area contributed by atoms with Gasteiger partial charge in [-0.15, -0.1) is 0 Å². The third-order valence-electron chi connectivity index (χ3n) is 4.91. The Morgan fingerprint density at radius 3 is 1.71 bits per heavy atom. The number of hydrogen-bond donors (Lipinski definition) is 0. The molecule has 5 rings (SSSR count).